The molecule has 1 amide bonds. The highest BCUT2D eigenvalue weighted by Gasteiger charge is 2.50. The summed E-state index contributed by atoms with van der Waals surface area (Å²) in [6.07, 6.45) is 2.08. The van der Waals surface area contributed by atoms with E-state index in [4.69, 9.17) is 4.74 Å². The van der Waals surface area contributed by atoms with E-state index in [-0.39, 0.29) is 11.9 Å². The third kappa shape index (κ3) is 3.90. The predicted molar refractivity (Wildman–Crippen MR) is 117 cm³/mol. The van der Waals surface area contributed by atoms with Gasteiger partial charge in [0.15, 0.2) is 0 Å². The van der Waals surface area contributed by atoms with Gasteiger partial charge in [0.05, 0.1) is 5.57 Å². The summed E-state index contributed by atoms with van der Waals surface area (Å²) in [6, 6.07) is 18.1. The minimum Gasteiger partial charge on any atom is -0.450 e. The summed E-state index contributed by atoms with van der Waals surface area (Å²) >= 11 is 0. The first-order valence-corrected chi connectivity index (χ1v) is 10.6. The first-order valence-electron chi connectivity index (χ1n) is 10.6. The predicted octanol–water partition coefficient (Wildman–Crippen LogP) is 4.10. The number of piperidine rings is 1. The lowest BCUT2D eigenvalue weighted by Crippen LogP contribution is -2.47. The molecule has 0 aromatic heterocycles. The van der Waals surface area contributed by atoms with E-state index in [1.807, 2.05) is 42.5 Å². The lowest BCUT2D eigenvalue weighted by Gasteiger charge is -2.39. The van der Waals surface area contributed by atoms with Crippen molar-refractivity contribution in [3.8, 4) is 0 Å². The Balaban J connectivity index is 1.51. The van der Waals surface area contributed by atoms with Crippen molar-refractivity contribution in [3.05, 3.63) is 76.9 Å². The van der Waals surface area contributed by atoms with Gasteiger partial charge in [0.25, 0.3) is 5.91 Å². The molecule has 5 heteroatoms. The minimum atomic E-state index is -0.820. The highest BCUT2D eigenvalue weighted by Crippen LogP contribution is 2.41. The van der Waals surface area contributed by atoms with E-state index in [1.165, 1.54) is 5.56 Å². The summed E-state index contributed by atoms with van der Waals surface area (Å²) in [7, 11) is 0. The smallest absolute Gasteiger partial charge is 0.335 e. The third-order valence-electron chi connectivity index (χ3n) is 6.21. The number of likely N-dealkylation sites (tertiary alicyclic amines) is 1. The Labute approximate surface area is 177 Å². The highest BCUT2D eigenvalue weighted by atomic mass is 16.6. The normalized spacial score (nSPS) is 18.5. The molecule has 1 N–H and O–H groups in total. The maximum Gasteiger partial charge on any atom is 0.335 e. The average molecular weight is 405 g/mol. The van der Waals surface area contributed by atoms with Crippen molar-refractivity contribution in [3.63, 3.8) is 0 Å². The van der Waals surface area contributed by atoms with E-state index < -0.39 is 5.60 Å². The fourth-order valence-electron chi connectivity index (χ4n) is 4.53. The lowest BCUT2D eigenvalue weighted by atomic mass is 9.82. The van der Waals surface area contributed by atoms with Gasteiger partial charge in [-0.15, -0.1) is 0 Å². The number of para-hydroxylation sites is 1. The van der Waals surface area contributed by atoms with Crippen LogP contribution in [0.4, 0.5) is 5.69 Å². The molecule has 2 aliphatic rings. The number of esters is 1. The van der Waals surface area contributed by atoms with E-state index in [1.54, 1.807) is 6.92 Å². The molecule has 0 saturated carbocycles. The largest absolute Gasteiger partial charge is 0.450 e. The number of nitrogens with one attached hydrogen (secondary N) is 1. The lowest BCUT2D eigenvalue weighted by molar-refractivity contribution is -0.150. The van der Waals surface area contributed by atoms with E-state index in [9.17, 15) is 9.59 Å². The van der Waals surface area contributed by atoms with E-state index in [0.717, 1.165) is 37.3 Å². The van der Waals surface area contributed by atoms with Crippen LogP contribution >= 0.6 is 0 Å². The maximum atomic E-state index is 13.3. The summed E-state index contributed by atoms with van der Waals surface area (Å²) in [5.74, 6) is -0.601. The van der Waals surface area contributed by atoms with Crippen LogP contribution in [-0.4, -0.2) is 35.5 Å². The van der Waals surface area contributed by atoms with Gasteiger partial charge in [-0.3, -0.25) is 9.69 Å². The van der Waals surface area contributed by atoms with Crippen LogP contribution in [0, 0.1) is 0 Å². The van der Waals surface area contributed by atoms with Crippen molar-refractivity contribution < 1.29 is 14.3 Å². The van der Waals surface area contributed by atoms with Crippen LogP contribution in [-0.2, 0) is 27.3 Å². The first kappa shape index (κ1) is 20.4. The number of carbonyl (C=O) groups is 2. The Morgan fingerprint density at radius 2 is 1.73 bits per heavy atom. The number of nitrogens with zero attached hydrogens (tertiary/aromatic N) is 1. The monoisotopic (exact) mass is 404 g/mol. The molecule has 30 heavy (non-hydrogen) atoms. The van der Waals surface area contributed by atoms with Crippen LogP contribution < -0.4 is 5.32 Å². The van der Waals surface area contributed by atoms with Gasteiger partial charge < -0.3 is 10.1 Å². The van der Waals surface area contributed by atoms with E-state index >= 15 is 0 Å². The van der Waals surface area contributed by atoms with E-state index in [0.29, 0.717) is 24.0 Å². The highest BCUT2D eigenvalue weighted by molar-refractivity contribution is 6.12. The van der Waals surface area contributed by atoms with Crippen LogP contribution in [0.3, 0.4) is 0 Å². The molecule has 1 spiro atoms. The molecule has 4 rings (SSSR count). The van der Waals surface area contributed by atoms with Crippen molar-refractivity contribution >= 4 is 17.6 Å². The molecule has 0 unspecified atom stereocenters. The fourth-order valence-corrected chi connectivity index (χ4v) is 4.53. The molecular weight excluding hydrogens is 376 g/mol. The molecular formula is C25H28N2O3. The number of hydrogen-bond acceptors (Lipinski definition) is 4. The number of anilines is 1. The Morgan fingerprint density at radius 1 is 1.07 bits per heavy atom. The Bertz CT molecular complexity index is 973. The van der Waals surface area contributed by atoms with Gasteiger partial charge in [-0.1, -0.05) is 55.5 Å². The van der Waals surface area contributed by atoms with Crippen molar-refractivity contribution in [1.29, 1.82) is 0 Å². The summed E-state index contributed by atoms with van der Waals surface area (Å²) < 4.78 is 5.83. The van der Waals surface area contributed by atoms with Crippen LogP contribution in [0.25, 0.3) is 0 Å². The molecule has 0 radical (unpaired) electrons. The first-order chi connectivity index (χ1) is 14.5. The second kappa shape index (κ2) is 8.44. The zero-order chi connectivity index (χ0) is 21.1. The number of ether oxygens (including phenoxy) is 1. The van der Waals surface area contributed by atoms with E-state index in [2.05, 4.69) is 29.3 Å². The Morgan fingerprint density at radius 3 is 2.43 bits per heavy atom. The number of amides is 1. The van der Waals surface area contributed by atoms with Gasteiger partial charge in [0.1, 0.15) is 5.60 Å². The van der Waals surface area contributed by atoms with Crippen molar-refractivity contribution in [2.24, 2.45) is 0 Å². The standard InChI is InChI=1S/C25H28N2O3/c1-3-20-11-7-8-12-21(20)26-23(28)22-18(2)24(29)30-25(22)13-15-27(16-14-25)17-19-9-5-4-6-10-19/h4-12H,3,13-17H2,1-2H3,(H,26,28). The van der Waals surface area contributed by atoms with Crippen LogP contribution in [0.2, 0.25) is 0 Å². The summed E-state index contributed by atoms with van der Waals surface area (Å²) in [6.45, 7) is 6.17. The van der Waals surface area contributed by atoms with Crippen molar-refractivity contribution in [1.82, 2.24) is 4.90 Å². The zero-order valence-electron chi connectivity index (χ0n) is 17.6. The van der Waals surface area contributed by atoms with Crippen LogP contribution in [0.1, 0.15) is 37.8 Å². The van der Waals surface area contributed by atoms with Gasteiger partial charge >= 0.3 is 5.97 Å². The number of aryl methyl sites for hydroxylation is 1. The summed E-state index contributed by atoms with van der Waals surface area (Å²) in [4.78, 5) is 28.1. The topological polar surface area (TPSA) is 58.6 Å². The summed E-state index contributed by atoms with van der Waals surface area (Å²) in [5, 5.41) is 3.03. The van der Waals surface area contributed by atoms with Crippen LogP contribution in [0.5, 0.6) is 0 Å². The molecule has 5 nitrogen and oxygen atoms in total. The maximum absolute atomic E-state index is 13.3. The number of rotatable bonds is 5. The molecule has 1 saturated heterocycles. The minimum absolute atomic E-state index is 0.226. The van der Waals surface area contributed by atoms with Crippen molar-refractivity contribution in [2.45, 2.75) is 45.3 Å². The zero-order valence-corrected chi connectivity index (χ0v) is 17.6. The molecule has 0 bridgehead atoms. The third-order valence-corrected chi connectivity index (χ3v) is 6.21. The molecule has 2 aromatic rings. The van der Waals surface area contributed by atoms with Gasteiger partial charge in [-0.05, 0) is 30.5 Å². The molecule has 1 fully saturated rings. The molecule has 2 aliphatic heterocycles. The van der Waals surface area contributed by atoms with Gasteiger partial charge in [-0.2, -0.15) is 0 Å². The molecule has 156 valence electrons. The van der Waals surface area contributed by atoms with Crippen molar-refractivity contribution in [2.75, 3.05) is 18.4 Å². The number of carbonyl (C=O) groups excluding carboxylic acids is 2. The van der Waals surface area contributed by atoms with Gasteiger partial charge in [-0.25, -0.2) is 4.79 Å². The van der Waals surface area contributed by atoms with Gasteiger partial charge in [0.2, 0.25) is 0 Å². The molecule has 0 atom stereocenters. The molecule has 0 aliphatic carbocycles. The summed E-state index contributed by atoms with van der Waals surface area (Å²) in [5.41, 5.74) is 3.23. The Hall–Kier alpha value is -2.92. The second-order valence-electron chi connectivity index (χ2n) is 8.11. The molecule has 2 aromatic carbocycles. The molecule has 2 heterocycles. The van der Waals surface area contributed by atoms with Crippen LogP contribution in [0.15, 0.2) is 65.7 Å². The quantitative estimate of drug-likeness (QED) is 0.763. The Kier molecular flexibility index (Phi) is 5.73. The SMILES string of the molecule is CCc1ccccc1NC(=O)C1=C(C)C(=O)OC12CCN(Cc1ccccc1)CC2. The average Bonchev–Trinajstić information content (AvgIpc) is 3.00. The fraction of sp³-hybridized carbons (Fsp3) is 0.360. The van der Waals surface area contributed by atoms with Gasteiger partial charge in [0, 0.05) is 43.7 Å². The number of benzene rings is 2. The number of hydrogen-bond donors (Lipinski definition) is 1. The second-order valence-corrected chi connectivity index (χ2v) is 8.11.